The number of hydrogen-bond donors (Lipinski definition) is 1. The van der Waals surface area contributed by atoms with Crippen molar-refractivity contribution < 1.29 is 9.21 Å². The lowest BCUT2D eigenvalue weighted by atomic mass is 10.2. The molecule has 0 spiro atoms. The molecule has 4 rings (SSSR count). The Kier molecular flexibility index (Phi) is 4.74. The molecule has 1 amide bonds. The third-order valence-corrected chi connectivity index (χ3v) is 4.83. The minimum Gasteiger partial charge on any atom is -0.457 e. The summed E-state index contributed by atoms with van der Waals surface area (Å²) in [5.74, 6) is 0.842. The Balaban J connectivity index is 1.62. The van der Waals surface area contributed by atoms with Crippen molar-refractivity contribution in [3.8, 4) is 11.3 Å². The molecule has 27 heavy (non-hydrogen) atoms. The average molecular weight is 415 g/mol. The third-order valence-electron chi connectivity index (χ3n) is 4.00. The van der Waals surface area contributed by atoms with Crippen molar-refractivity contribution in [2.24, 2.45) is 0 Å². The molecule has 134 valence electrons. The standard InChI is InChI=1S/C20H12Cl2N2O2S/c21-12-6-8-15(16(22)10-12)18-9-7-14(26-18)11-17-19(25)24(20(27)23-17)13-4-2-1-3-5-13/h1-11H,(H,23,27)/b17-11+. The maximum atomic E-state index is 12.7. The Hall–Kier alpha value is -2.60. The molecule has 2 aromatic carbocycles. The van der Waals surface area contributed by atoms with E-state index in [9.17, 15) is 4.79 Å². The highest BCUT2D eigenvalue weighted by molar-refractivity contribution is 7.80. The summed E-state index contributed by atoms with van der Waals surface area (Å²) >= 11 is 17.4. The number of rotatable bonds is 3. The molecule has 0 aliphatic carbocycles. The number of para-hydroxylation sites is 1. The van der Waals surface area contributed by atoms with Gasteiger partial charge < -0.3 is 9.73 Å². The van der Waals surface area contributed by atoms with E-state index >= 15 is 0 Å². The van der Waals surface area contributed by atoms with Gasteiger partial charge in [-0.3, -0.25) is 9.69 Å². The number of furan rings is 1. The van der Waals surface area contributed by atoms with Crippen molar-refractivity contribution >= 4 is 58.2 Å². The fraction of sp³-hybridized carbons (Fsp3) is 0. The van der Waals surface area contributed by atoms with Gasteiger partial charge >= 0.3 is 0 Å². The van der Waals surface area contributed by atoms with Crippen LogP contribution in [-0.2, 0) is 4.79 Å². The van der Waals surface area contributed by atoms with Crippen LogP contribution in [0.5, 0.6) is 0 Å². The van der Waals surface area contributed by atoms with Gasteiger partial charge in [0, 0.05) is 16.7 Å². The van der Waals surface area contributed by atoms with E-state index in [1.165, 1.54) is 4.90 Å². The van der Waals surface area contributed by atoms with Crippen molar-refractivity contribution in [2.75, 3.05) is 4.90 Å². The van der Waals surface area contributed by atoms with Crippen LogP contribution in [0, 0.1) is 0 Å². The van der Waals surface area contributed by atoms with Gasteiger partial charge in [0.05, 0.1) is 10.7 Å². The molecule has 0 bridgehead atoms. The summed E-state index contributed by atoms with van der Waals surface area (Å²) in [4.78, 5) is 14.2. The summed E-state index contributed by atoms with van der Waals surface area (Å²) in [5.41, 5.74) is 1.77. The maximum Gasteiger partial charge on any atom is 0.281 e. The van der Waals surface area contributed by atoms with E-state index in [1.807, 2.05) is 30.3 Å². The van der Waals surface area contributed by atoms with Crippen LogP contribution < -0.4 is 10.2 Å². The SMILES string of the molecule is O=C1/C(=C\c2ccc(-c3ccc(Cl)cc3Cl)o2)NC(=S)N1c1ccccc1. The van der Waals surface area contributed by atoms with Gasteiger partial charge in [-0.1, -0.05) is 41.4 Å². The van der Waals surface area contributed by atoms with Crippen LogP contribution >= 0.6 is 35.4 Å². The summed E-state index contributed by atoms with van der Waals surface area (Å²) < 4.78 is 5.82. The zero-order valence-corrected chi connectivity index (χ0v) is 16.1. The predicted octanol–water partition coefficient (Wildman–Crippen LogP) is 5.52. The van der Waals surface area contributed by atoms with Crippen molar-refractivity contribution in [2.45, 2.75) is 0 Å². The first-order valence-electron chi connectivity index (χ1n) is 8.00. The molecule has 2 heterocycles. The normalized spacial score (nSPS) is 15.5. The molecule has 4 nitrogen and oxygen atoms in total. The van der Waals surface area contributed by atoms with Gasteiger partial charge in [-0.2, -0.15) is 0 Å². The van der Waals surface area contributed by atoms with Gasteiger partial charge in [0.15, 0.2) is 5.11 Å². The molecule has 1 aliphatic heterocycles. The molecule has 1 fully saturated rings. The van der Waals surface area contributed by atoms with E-state index in [4.69, 9.17) is 39.8 Å². The van der Waals surface area contributed by atoms with Crippen molar-refractivity contribution in [1.29, 1.82) is 0 Å². The number of benzene rings is 2. The predicted molar refractivity (Wildman–Crippen MR) is 112 cm³/mol. The molecule has 0 unspecified atom stereocenters. The van der Waals surface area contributed by atoms with Crippen LogP contribution in [0.25, 0.3) is 17.4 Å². The first-order valence-corrected chi connectivity index (χ1v) is 9.17. The van der Waals surface area contributed by atoms with E-state index in [2.05, 4.69) is 5.32 Å². The zero-order chi connectivity index (χ0) is 19.0. The third kappa shape index (κ3) is 3.49. The molecule has 1 saturated heterocycles. The molecule has 0 saturated carbocycles. The second-order valence-electron chi connectivity index (χ2n) is 5.79. The Morgan fingerprint density at radius 1 is 1.04 bits per heavy atom. The summed E-state index contributed by atoms with van der Waals surface area (Å²) in [7, 11) is 0. The van der Waals surface area contributed by atoms with E-state index in [0.717, 1.165) is 5.56 Å². The van der Waals surface area contributed by atoms with Gasteiger partial charge in [-0.25, -0.2) is 0 Å². The van der Waals surface area contributed by atoms with Gasteiger partial charge in [-0.05, 0) is 54.7 Å². The molecular weight excluding hydrogens is 403 g/mol. The monoisotopic (exact) mass is 414 g/mol. The number of carbonyl (C=O) groups is 1. The lowest BCUT2D eigenvalue weighted by Crippen LogP contribution is -2.30. The largest absolute Gasteiger partial charge is 0.457 e. The number of hydrogen-bond acceptors (Lipinski definition) is 3. The van der Waals surface area contributed by atoms with Crippen molar-refractivity contribution in [3.63, 3.8) is 0 Å². The average Bonchev–Trinajstić information content (AvgIpc) is 3.21. The minimum absolute atomic E-state index is 0.242. The Morgan fingerprint density at radius 3 is 2.56 bits per heavy atom. The highest BCUT2D eigenvalue weighted by Gasteiger charge is 2.32. The van der Waals surface area contributed by atoms with Gasteiger partial charge in [0.2, 0.25) is 0 Å². The Bertz CT molecular complexity index is 1080. The van der Waals surface area contributed by atoms with Gasteiger partial charge in [-0.15, -0.1) is 0 Å². The quantitative estimate of drug-likeness (QED) is 0.452. The first kappa shape index (κ1) is 17.8. The van der Waals surface area contributed by atoms with Crippen LogP contribution in [0.1, 0.15) is 5.76 Å². The van der Waals surface area contributed by atoms with Crippen LogP contribution in [0.4, 0.5) is 5.69 Å². The van der Waals surface area contributed by atoms with Gasteiger partial charge in [0.1, 0.15) is 17.2 Å². The maximum absolute atomic E-state index is 12.7. The molecule has 0 atom stereocenters. The van der Waals surface area contributed by atoms with Crippen LogP contribution in [-0.4, -0.2) is 11.0 Å². The van der Waals surface area contributed by atoms with Crippen LogP contribution in [0.15, 0.2) is 70.8 Å². The molecule has 1 N–H and O–H groups in total. The molecule has 3 aromatic rings. The fourth-order valence-corrected chi connectivity index (χ4v) is 3.55. The summed E-state index contributed by atoms with van der Waals surface area (Å²) in [6.07, 6.45) is 1.62. The minimum atomic E-state index is -0.242. The molecule has 0 radical (unpaired) electrons. The smallest absolute Gasteiger partial charge is 0.281 e. The summed E-state index contributed by atoms with van der Waals surface area (Å²) in [6, 6.07) is 17.9. The number of thiocarbonyl (C=S) groups is 1. The first-order chi connectivity index (χ1) is 13.0. The fourth-order valence-electron chi connectivity index (χ4n) is 2.75. The second kappa shape index (κ2) is 7.19. The van der Waals surface area contributed by atoms with E-state index in [-0.39, 0.29) is 5.91 Å². The number of anilines is 1. The Morgan fingerprint density at radius 2 is 1.81 bits per heavy atom. The van der Waals surface area contributed by atoms with Crippen molar-refractivity contribution in [1.82, 2.24) is 5.32 Å². The number of halogens is 2. The lowest BCUT2D eigenvalue weighted by molar-refractivity contribution is -0.113. The van der Waals surface area contributed by atoms with Crippen LogP contribution in [0.3, 0.4) is 0 Å². The Labute approximate surface area is 171 Å². The highest BCUT2D eigenvalue weighted by Crippen LogP contribution is 2.32. The summed E-state index contributed by atoms with van der Waals surface area (Å²) in [6.45, 7) is 0. The number of amides is 1. The number of nitrogens with one attached hydrogen (secondary N) is 1. The van der Waals surface area contributed by atoms with E-state index in [0.29, 0.717) is 38.1 Å². The summed E-state index contributed by atoms with van der Waals surface area (Å²) in [5, 5.41) is 4.30. The second-order valence-corrected chi connectivity index (χ2v) is 7.02. The highest BCUT2D eigenvalue weighted by atomic mass is 35.5. The van der Waals surface area contributed by atoms with Crippen LogP contribution in [0.2, 0.25) is 10.0 Å². The molecule has 1 aliphatic rings. The number of carbonyl (C=O) groups excluding carboxylic acids is 1. The lowest BCUT2D eigenvalue weighted by Gasteiger charge is -2.13. The topological polar surface area (TPSA) is 45.5 Å². The molecule has 1 aromatic heterocycles. The number of nitrogens with zero attached hydrogens (tertiary/aromatic N) is 1. The van der Waals surface area contributed by atoms with Crippen molar-refractivity contribution in [3.05, 3.63) is 82.2 Å². The molecular formula is C20H12Cl2N2O2S. The zero-order valence-electron chi connectivity index (χ0n) is 13.8. The van der Waals surface area contributed by atoms with Gasteiger partial charge in [0.25, 0.3) is 5.91 Å². The molecule has 7 heteroatoms. The van der Waals surface area contributed by atoms with E-state index in [1.54, 1.807) is 36.4 Å². The van der Waals surface area contributed by atoms with E-state index < -0.39 is 0 Å².